The highest BCUT2D eigenvalue weighted by Crippen LogP contribution is 2.22. The van der Waals surface area contributed by atoms with Crippen molar-refractivity contribution in [2.75, 3.05) is 6.54 Å². The smallest absolute Gasteiger partial charge is 0.410 e. The molecule has 1 saturated heterocycles. The molecule has 0 aromatic heterocycles. The molecule has 1 rings (SSSR count). The molecule has 0 radical (unpaired) electrons. The molecule has 0 aromatic carbocycles. The van der Waals surface area contributed by atoms with E-state index in [4.69, 9.17) is 9.47 Å². The van der Waals surface area contributed by atoms with Gasteiger partial charge >= 0.3 is 12.1 Å². The number of ether oxygens (including phenoxy) is 2. The van der Waals surface area contributed by atoms with E-state index in [1.807, 2.05) is 27.7 Å². The van der Waals surface area contributed by atoms with Gasteiger partial charge in [0, 0.05) is 19.4 Å². The Morgan fingerprint density at radius 1 is 1.29 bits per heavy atom. The standard InChI is InChI=1S/C12H21NO4/c1-8-6-10(16-9(2)14)7-13(8)11(15)17-12(3,4)5/h8,10H,6-7H2,1-5H3/t8-,10+/m1/s1. The summed E-state index contributed by atoms with van der Waals surface area (Å²) in [6.07, 6.45) is 0.105. The summed E-state index contributed by atoms with van der Waals surface area (Å²) in [5.74, 6) is -0.312. The largest absolute Gasteiger partial charge is 0.461 e. The monoisotopic (exact) mass is 243 g/mol. The van der Waals surface area contributed by atoms with Crippen LogP contribution in [-0.4, -0.2) is 41.3 Å². The van der Waals surface area contributed by atoms with Crippen molar-refractivity contribution in [2.24, 2.45) is 0 Å². The molecule has 0 saturated carbocycles. The third kappa shape index (κ3) is 4.24. The summed E-state index contributed by atoms with van der Waals surface area (Å²) in [7, 11) is 0. The summed E-state index contributed by atoms with van der Waals surface area (Å²) in [5.41, 5.74) is -0.504. The van der Waals surface area contributed by atoms with Crippen LogP contribution in [0.25, 0.3) is 0 Å². The van der Waals surface area contributed by atoms with Gasteiger partial charge in [0.1, 0.15) is 11.7 Å². The van der Waals surface area contributed by atoms with Crippen molar-refractivity contribution < 1.29 is 19.1 Å². The third-order valence-electron chi connectivity index (χ3n) is 2.50. The molecule has 0 unspecified atom stereocenters. The molecular formula is C12H21NO4. The number of rotatable bonds is 1. The number of amides is 1. The minimum absolute atomic E-state index is 0.0363. The number of esters is 1. The number of likely N-dealkylation sites (tertiary alicyclic amines) is 1. The molecule has 1 heterocycles. The van der Waals surface area contributed by atoms with Crippen molar-refractivity contribution in [1.29, 1.82) is 0 Å². The Balaban J connectivity index is 2.55. The van der Waals surface area contributed by atoms with Gasteiger partial charge in [0.25, 0.3) is 0 Å². The van der Waals surface area contributed by atoms with Crippen LogP contribution in [0, 0.1) is 0 Å². The van der Waals surface area contributed by atoms with E-state index in [1.54, 1.807) is 4.90 Å². The number of hydrogen-bond acceptors (Lipinski definition) is 4. The van der Waals surface area contributed by atoms with Gasteiger partial charge in [-0.2, -0.15) is 0 Å². The number of hydrogen-bond donors (Lipinski definition) is 0. The molecule has 2 atom stereocenters. The van der Waals surface area contributed by atoms with Crippen LogP contribution >= 0.6 is 0 Å². The molecule has 1 amide bonds. The van der Waals surface area contributed by atoms with Crippen molar-refractivity contribution in [3.8, 4) is 0 Å². The van der Waals surface area contributed by atoms with Crippen LogP contribution < -0.4 is 0 Å². The van der Waals surface area contributed by atoms with E-state index >= 15 is 0 Å². The van der Waals surface area contributed by atoms with Crippen LogP contribution in [0.3, 0.4) is 0 Å². The Bertz CT molecular complexity index is 308. The summed E-state index contributed by atoms with van der Waals surface area (Å²) in [4.78, 5) is 24.3. The lowest BCUT2D eigenvalue weighted by Gasteiger charge is -2.26. The summed E-state index contributed by atoms with van der Waals surface area (Å²) >= 11 is 0. The van der Waals surface area contributed by atoms with Gasteiger partial charge in [-0.25, -0.2) is 4.79 Å². The van der Waals surface area contributed by atoms with Crippen LogP contribution in [0.1, 0.15) is 41.0 Å². The van der Waals surface area contributed by atoms with Crippen molar-refractivity contribution in [2.45, 2.75) is 58.8 Å². The van der Waals surface area contributed by atoms with Crippen molar-refractivity contribution >= 4 is 12.1 Å². The van der Waals surface area contributed by atoms with Gasteiger partial charge in [-0.05, 0) is 27.7 Å². The Morgan fingerprint density at radius 2 is 1.88 bits per heavy atom. The second kappa shape index (κ2) is 4.94. The summed E-state index contributed by atoms with van der Waals surface area (Å²) in [6, 6.07) is 0.0363. The van der Waals surface area contributed by atoms with Gasteiger partial charge in [0.05, 0.1) is 6.54 Å². The van der Waals surface area contributed by atoms with E-state index in [9.17, 15) is 9.59 Å². The molecule has 0 aliphatic carbocycles. The highest BCUT2D eigenvalue weighted by molar-refractivity contribution is 5.69. The summed E-state index contributed by atoms with van der Waals surface area (Å²) < 4.78 is 10.4. The molecule has 1 fully saturated rings. The zero-order valence-electron chi connectivity index (χ0n) is 11.1. The molecule has 0 N–H and O–H groups in total. The van der Waals surface area contributed by atoms with Crippen molar-refractivity contribution in [3.05, 3.63) is 0 Å². The molecule has 98 valence electrons. The van der Waals surface area contributed by atoms with Crippen molar-refractivity contribution in [3.63, 3.8) is 0 Å². The number of carbonyl (C=O) groups excluding carboxylic acids is 2. The highest BCUT2D eigenvalue weighted by atomic mass is 16.6. The molecule has 0 aromatic rings. The average molecular weight is 243 g/mol. The molecule has 1 aliphatic rings. The second-order valence-electron chi connectivity index (χ2n) is 5.45. The Hall–Kier alpha value is -1.26. The fourth-order valence-corrected chi connectivity index (χ4v) is 1.88. The van der Waals surface area contributed by atoms with Crippen LogP contribution in [0.2, 0.25) is 0 Å². The Morgan fingerprint density at radius 3 is 2.35 bits per heavy atom. The maximum absolute atomic E-state index is 11.9. The maximum Gasteiger partial charge on any atom is 0.410 e. The zero-order chi connectivity index (χ0) is 13.2. The van der Waals surface area contributed by atoms with E-state index in [0.29, 0.717) is 13.0 Å². The molecule has 0 spiro atoms. The molecule has 0 bridgehead atoms. The van der Waals surface area contributed by atoms with Gasteiger partial charge in [0.2, 0.25) is 0 Å². The zero-order valence-corrected chi connectivity index (χ0v) is 11.1. The SMILES string of the molecule is CC(=O)O[C@H]1C[C@@H](C)N(C(=O)OC(C)(C)C)C1. The van der Waals surface area contributed by atoms with E-state index in [-0.39, 0.29) is 24.2 Å². The van der Waals surface area contributed by atoms with E-state index in [2.05, 4.69) is 0 Å². The fourth-order valence-electron chi connectivity index (χ4n) is 1.88. The lowest BCUT2D eigenvalue weighted by Crippen LogP contribution is -2.39. The normalized spacial score (nSPS) is 24.6. The predicted molar refractivity (Wildman–Crippen MR) is 62.6 cm³/mol. The topological polar surface area (TPSA) is 55.8 Å². The first-order valence-corrected chi connectivity index (χ1v) is 5.86. The minimum Gasteiger partial charge on any atom is -0.461 e. The van der Waals surface area contributed by atoms with E-state index in [1.165, 1.54) is 6.92 Å². The second-order valence-corrected chi connectivity index (χ2v) is 5.45. The van der Waals surface area contributed by atoms with Crippen LogP contribution in [0.5, 0.6) is 0 Å². The Labute approximate surface area is 102 Å². The van der Waals surface area contributed by atoms with E-state index in [0.717, 1.165) is 0 Å². The van der Waals surface area contributed by atoms with Gasteiger partial charge in [-0.15, -0.1) is 0 Å². The van der Waals surface area contributed by atoms with Gasteiger partial charge in [-0.1, -0.05) is 0 Å². The molecule has 5 heteroatoms. The quantitative estimate of drug-likeness (QED) is 0.660. The number of carbonyl (C=O) groups is 2. The van der Waals surface area contributed by atoms with Crippen LogP contribution in [0.4, 0.5) is 4.79 Å². The molecule has 17 heavy (non-hydrogen) atoms. The number of nitrogens with zero attached hydrogens (tertiary/aromatic N) is 1. The molecular weight excluding hydrogens is 222 g/mol. The van der Waals surface area contributed by atoms with Gasteiger partial charge < -0.3 is 14.4 Å². The van der Waals surface area contributed by atoms with Gasteiger partial charge in [-0.3, -0.25) is 4.79 Å². The summed E-state index contributed by atoms with van der Waals surface area (Å²) in [5, 5.41) is 0. The van der Waals surface area contributed by atoms with E-state index < -0.39 is 5.60 Å². The van der Waals surface area contributed by atoms with Crippen molar-refractivity contribution in [1.82, 2.24) is 4.90 Å². The first-order valence-electron chi connectivity index (χ1n) is 5.86. The predicted octanol–water partition coefficient (Wildman–Crippen LogP) is 1.95. The van der Waals surface area contributed by atoms with Crippen LogP contribution in [0.15, 0.2) is 0 Å². The molecule has 1 aliphatic heterocycles. The fraction of sp³-hybridized carbons (Fsp3) is 0.833. The maximum atomic E-state index is 11.9. The lowest BCUT2D eigenvalue weighted by molar-refractivity contribution is -0.145. The Kier molecular flexibility index (Phi) is 4.01. The molecule has 5 nitrogen and oxygen atoms in total. The average Bonchev–Trinajstić information content (AvgIpc) is 2.42. The van der Waals surface area contributed by atoms with Crippen LogP contribution in [-0.2, 0) is 14.3 Å². The first-order chi connectivity index (χ1) is 7.69. The third-order valence-corrected chi connectivity index (χ3v) is 2.50. The van der Waals surface area contributed by atoms with Gasteiger partial charge in [0.15, 0.2) is 0 Å². The lowest BCUT2D eigenvalue weighted by atomic mass is 10.2. The summed E-state index contributed by atoms with van der Waals surface area (Å²) in [6.45, 7) is 9.20. The minimum atomic E-state index is -0.504. The first kappa shape index (κ1) is 13.8. The highest BCUT2D eigenvalue weighted by Gasteiger charge is 2.36.